The van der Waals surface area contributed by atoms with Crippen LogP contribution in [0.5, 0.6) is 11.5 Å². The summed E-state index contributed by atoms with van der Waals surface area (Å²) in [6, 6.07) is 5.76. The van der Waals surface area contributed by atoms with Crippen molar-refractivity contribution in [2.45, 2.75) is 6.92 Å². The van der Waals surface area contributed by atoms with Gasteiger partial charge in [-0.15, -0.1) is 0 Å². The highest BCUT2D eigenvalue weighted by atomic mass is 16.5. The number of carbonyl (C=O) groups excluding carboxylic acids is 1. The van der Waals surface area contributed by atoms with E-state index in [1.807, 2.05) is 0 Å². The van der Waals surface area contributed by atoms with Crippen LogP contribution in [0.3, 0.4) is 0 Å². The lowest BCUT2D eigenvalue weighted by atomic mass is 10.3. The first kappa shape index (κ1) is 5.19. The van der Waals surface area contributed by atoms with Crippen LogP contribution in [0.15, 0.2) is 24.3 Å². The third kappa shape index (κ3) is 2.27. The molecule has 0 atom stereocenters. The Bertz CT molecular complexity index is 343. The number of methoxy groups -OCH3 is 1. The predicted octanol–water partition coefficient (Wildman–Crippen LogP) is 1.62. The van der Waals surface area contributed by atoms with Gasteiger partial charge < -0.3 is 9.47 Å². The van der Waals surface area contributed by atoms with E-state index in [1.165, 1.54) is 31.2 Å². The van der Waals surface area contributed by atoms with E-state index in [0.717, 1.165) is 0 Å². The van der Waals surface area contributed by atoms with Gasteiger partial charge >= 0.3 is 5.97 Å². The lowest BCUT2D eigenvalue weighted by Crippen LogP contribution is -2.00. The second-order valence-electron chi connectivity index (χ2n) is 2.17. The van der Waals surface area contributed by atoms with E-state index in [2.05, 4.69) is 4.74 Å². The summed E-state index contributed by atoms with van der Waals surface area (Å²) in [4.78, 5) is 10.6. The van der Waals surface area contributed by atoms with Gasteiger partial charge in [-0.25, -0.2) is 0 Å². The number of benzene rings is 1. The highest BCUT2D eigenvalue weighted by molar-refractivity contribution is 5.69. The molecule has 0 unspecified atom stereocenters. The van der Waals surface area contributed by atoms with E-state index in [-0.39, 0.29) is 5.75 Å². The number of hydrogen-bond donors (Lipinski definition) is 0. The van der Waals surface area contributed by atoms with Crippen LogP contribution in [-0.2, 0) is 4.79 Å². The lowest BCUT2D eigenvalue weighted by molar-refractivity contribution is -0.131. The minimum Gasteiger partial charge on any atom is -0.497 e. The maximum atomic E-state index is 10.6. The van der Waals surface area contributed by atoms with E-state index >= 15 is 0 Å². The standard InChI is InChI=1S/C9H10O3/c1-7(10)12-9-5-3-8(11-2)4-6-9/h3-6H,1-2H3/i2D3. The third-order valence-electron chi connectivity index (χ3n) is 1.20. The molecule has 0 bridgehead atoms. The molecule has 64 valence electrons. The molecular weight excluding hydrogens is 156 g/mol. The largest absolute Gasteiger partial charge is 0.497 e. The van der Waals surface area contributed by atoms with Gasteiger partial charge in [0.05, 0.1) is 11.2 Å². The zero-order chi connectivity index (χ0) is 11.5. The van der Waals surface area contributed by atoms with E-state index in [4.69, 9.17) is 8.85 Å². The summed E-state index contributed by atoms with van der Waals surface area (Å²) in [5, 5.41) is 0. The molecular formula is C9H10O3. The molecule has 0 fully saturated rings. The molecule has 0 amide bonds. The van der Waals surface area contributed by atoms with Crippen LogP contribution in [0.2, 0.25) is 0 Å². The van der Waals surface area contributed by atoms with E-state index in [9.17, 15) is 4.79 Å². The number of esters is 1. The number of carbonyl (C=O) groups is 1. The summed E-state index contributed by atoms with van der Waals surface area (Å²) in [6.07, 6.45) is 0. The Kier molecular flexibility index (Phi) is 1.63. The zero-order valence-electron chi connectivity index (χ0n) is 9.53. The molecule has 0 aromatic heterocycles. The molecule has 0 N–H and O–H groups in total. The Balaban J connectivity index is 2.68. The van der Waals surface area contributed by atoms with Gasteiger partial charge in [-0.2, -0.15) is 0 Å². The molecule has 3 heteroatoms. The van der Waals surface area contributed by atoms with Gasteiger partial charge in [-0.05, 0) is 24.3 Å². The van der Waals surface area contributed by atoms with Crippen molar-refractivity contribution >= 4 is 5.97 Å². The van der Waals surface area contributed by atoms with Crippen molar-refractivity contribution in [2.24, 2.45) is 0 Å². The average Bonchev–Trinajstić information content (AvgIpc) is 2.05. The summed E-state index contributed by atoms with van der Waals surface area (Å²) >= 11 is 0. The molecule has 1 aromatic carbocycles. The Morgan fingerprint density at radius 2 is 1.92 bits per heavy atom. The smallest absolute Gasteiger partial charge is 0.308 e. The highest BCUT2D eigenvalue weighted by Crippen LogP contribution is 2.16. The van der Waals surface area contributed by atoms with Crippen molar-refractivity contribution in [3.05, 3.63) is 24.3 Å². The molecule has 0 aliphatic carbocycles. The number of rotatable bonds is 2. The molecule has 12 heavy (non-hydrogen) atoms. The normalized spacial score (nSPS) is 13.9. The molecule has 1 rings (SSSR count). The first-order valence-corrected chi connectivity index (χ1v) is 3.34. The van der Waals surface area contributed by atoms with Gasteiger partial charge in [-0.1, -0.05) is 0 Å². The summed E-state index contributed by atoms with van der Waals surface area (Å²) in [5.41, 5.74) is 0. The molecule has 0 heterocycles. The van der Waals surface area contributed by atoms with Gasteiger partial charge in [0, 0.05) is 6.92 Å². The van der Waals surface area contributed by atoms with Gasteiger partial charge in [-0.3, -0.25) is 4.79 Å². The van der Waals surface area contributed by atoms with Crippen molar-refractivity contribution in [3.8, 4) is 11.5 Å². The van der Waals surface area contributed by atoms with Crippen LogP contribution >= 0.6 is 0 Å². The Hall–Kier alpha value is -1.51. The van der Waals surface area contributed by atoms with Crippen LogP contribution in [0.25, 0.3) is 0 Å². The number of ether oxygens (including phenoxy) is 2. The SMILES string of the molecule is [2H]C([2H])([2H])Oc1ccc(OC(C)=O)cc1. The average molecular weight is 169 g/mol. The second kappa shape index (κ2) is 3.76. The van der Waals surface area contributed by atoms with Crippen LogP contribution in [-0.4, -0.2) is 13.0 Å². The van der Waals surface area contributed by atoms with E-state index in [0.29, 0.717) is 5.75 Å². The van der Waals surface area contributed by atoms with Gasteiger partial charge in [0.2, 0.25) is 0 Å². The first-order valence-electron chi connectivity index (χ1n) is 4.84. The second-order valence-corrected chi connectivity index (χ2v) is 2.17. The minimum absolute atomic E-state index is 0.200. The maximum Gasteiger partial charge on any atom is 0.308 e. The van der Waals surface area contributed by atoms with E-state index < -0.39 is 13.0 Å². The molecule has 3 nitrogen and oxygen atoms in total. The first-order chi connectivity index (χ1) is 6.87. The van der Waals surface area contributed by atoms with Crippen molar-refractivity contribution in [3.63, 3.8) is 0 Å². The van der Waals surface area contributed by atoms with Crippen molar-refractivity contribution < 1.29 is 18.4 Å². The van der Waals surface area contributed by atoms with Gasteiger partial charge in [0.15, 0.2) is 0 Å². The topological polar surface area (TPSA) is 35.5 Å². The fourth-order valence-corrected chi connectivity index (χ4v) is 0.742. The van der Waals surface area contributed by atoms with Gasteiger partial charge in [0.25, 0.3) is 0 Å². The molecule has 0 aliphatic rings. The summed E-state index contributed by atoms with van der Waals surface area (Å²) in [6.45, 7) is 1.28. The maximum absolute atomic E-state index is 10.6. The zero-order valence-corrected chi connectivity index (χ0v) is 6.53. The van der Waals surface area contributed by atoms with E-state index in [1.54, 1.807) is 0 Å². The molecule has 0 saturated heterocycles. The van der Waals surface area contributed by atoms with Crippen molar-refractivity contribution in [2.75, 3.05) is 7.04 Å². The van der Waals surface area contributed by atoms with Crippen LogP contribution in [0.4, 0.5) is 0 Å². The van der Waals surface area contributed by atoms with Crippen LogP contribution in [0, 0.1) is 0 Å². The van der Waals surface area contributed by atoms with Crippen molar-refractivity contribution in [1.29, 1.82) is 0 Å². The minimum atomic E-state index is -2.47. The Morgan fingerprint density at radius 1 is 1.33 bits per heavy atom. The third-order valence-corrected chi connectivity index (χ3v) is 1.20. The predicted molar refractivity (Wildman–Crippen MR) is 44.3 cm³/mol. The fourth-order valence-electron chi connectivity index (χ4n) is 0.742. The molecule has 0 aliphatic heterocycles. The molecule has 0 spiro atoms. The fraction of sp³-hybridized carbons (Fsp3) is 0.222. The monoisotopic (exact) mass is 169 g/mol. The summed E-state index contributed by atoms with van der Waals surface area (Å²) < 4.78 is 30.0. The van der Waals surface area contributed by atoms with Crippen LogP contribution in [0.1, 0.15) is 11.0 Å². The quantitative estimate of drug-likeness (QED) is 0.498. The Morgan fingerprint density at radius 3 is 2.42 bits per heavy atom. The molecule has 1 aromatic rings. The highest BCUT2D eigenvalue weighted by Gasteiger charge is 1.96. The Labute approximate surface area is 75.1 Å². The van der Waals surface area contributed by atoms with Crippen molar-refractivity contribution in [1.82, 2.24) is 0 Å². The molecule has 0 radical (unpaired) electrons. The van der Waals surface area contributed by atoms with Crippen LogP contribution < -0.4 is 9.47 Å². The van der Waals surface area contributed by atoms with Gasteiger partial charge in [0.1, 0.15) is 11.5 Å². The lowest BCUT2D eigenvalue weighted by Gasteiger charge is -2.01. The summed E-state index contributed by atoms with van der Waals surface area (Å²) in [7, 11) is -2.47. The molecule has 0 saturated carbocycles. The number of hydrogen-bond acceptors (Lipinski definition) is 3. The summed E-state index contributed by atoms with van der Waals surface area (Å²) in [5.74, 6) is 0.116.